The largest absolute Gasteiger partial charge is 0.497 e. The molecule has 2 aromatic heterocycles. The first-order chi connectivity index (χ1) is 26.2. The molecule has 1 atom stereocenters. The molecule has 0 radical (unpaired) electrons. The van der Waals surface area contributed by atoms with E-state index in [1.165, 1.54) is 5.56 Å². The quantitative estimate of drug-likeness (QED) is 0.0629. The summed E-state index contributed by atoms with van der Waals surface area (Å²) in [5.74, 6) is 4.16. The third-order valence-electron chi connectivity index (χ3n) is 9.41. The number of ether oxygens (including phenoxy) is 4. The zero-order valence-electron chi connectivity index (χ0n) is 32.6. The lowest BCUT2D eigenvalue weighted by Crippen LogP contribution is -2.39. The number of aromatic nitrogens is 3. The van der Waals surface area contributed by atoms with E-state index in [-0.39, 0.29) is 6.61 Å². The number of benzene rings is 3. The molecule has 0 saturated carbocycles. The highest BCUT2D eigenvalue weighted by Gasteiger charge is 2.25. The third-order valence-corrected chi connectivity index (χ3v) is 10.4. The molecule has 0 spiro atoms. The van der Waals surface area contributed by atoms with Gasteiger partial charge in [0, 0.05) is 55.7 Å². The number of pyridine rings is 1. The van der Waals surface area contributed by atoms with Crippen molar-refractivity contribution in [3.8, 4) is 28.4 Å². The van der Waals surface area contributed by atoms with E-state index >= 15 is 0 Å². The average Bonchev–Trinajstić information content (AvgIpc) is 3.20. The number of likely N-dealkylation sites (N-methyl/N-ethyl adjacent to an activating group) is 1. The SMILES string of the molecule is CCCC[C@](C)(CO)Nc1nc(NCc2ccc(OC)cc2OC)nc2cc(-c3cc(SCc4ccc(OC)cc4)ncc3CN(C)CCOC)ccc12. The molecule has 0 aliphatic rings. The van der Waals surface area contributed by atoms with Crippen LogP contribution in [0.4, 0.5) is 11.8 Å². The summed E-state index contributed by atoms with van der Waals surface area (Å²) < 4.78 is 21.7. The van der Waals surface area contributed by atoms with Gasteiger partial charge in [-0.15, -0.1) is 11.8 Å². The fourth-order valence-corrected chi connectivity index (χ4v) is 6.95. The Morgan fingerprint density at radius 3 is 2.37 bits per heavy atom. The van der Waals surface area contributed by atoms with E-state index in [1.54, 1.807) is 40.2 Å². The van der Waals surface area contributed by atoms with Crippen molar-refractivity contribution in [1.82, 2.24) is 19.9 Å². The highest BCUT2D eigenvalue weighted by atomic mass is 32.2. The maximum Gasteiger partial charge on any atom is 0.225 e. The Bertz CT molecular complexity index is 1960. The van der Waals surface area contributed by atoms with E-state index < -0.39 is 5.54 Å². The Hall–Kier alpha value is -4.62. The summed E-state index contributed by atoms with van der Waals surface area (Å²) in [5.41, 5.74) is 5.55. The zero-order valence-corrected chi connectivity index (χ0v) is 33.4. The molecule has 0 aliphatic heterocycles. The van der Waals surface area contributed by atoms with Crippen LogP contribution in [0, 0.1) is 0 Å². The number of aliphatic hydroxyl groups excluding tert-OH is 1. The van der Waals surface area contributed by atoms with Gasteiger partial charge in [0.1, 0.15) is 23.1 Å². The Labute approximate surface area is 323 Å². The first kappa shape index (κ1) is 40.6. The summed E-state index contributed by atoms with van der Waals surface area (Å²) in [7, 11) is 8.77. The van der Waals surface area contributed by atoms with Crippen LogP contribution >= 0.6 is 11.8 Å². The van der Waals surface area contributed by atoms with Crippen molar-refractivity contribution >= 4 is 34.4 Å². The van der Waals surface area contributed by atoms with Gasteiger partial charge in [-0.1, -0.05) is 38.0 Å². The van der Waals surface area contributed by atoms with Gasteiger partial charge in [0.25, 0.3) is 0 Å². The van der Waals surface area contributed by atoms with Gasteiger partial charge in [-0.2, -0.15) is 4.98 Å². The van der Waals surface area contributed by atoms with Gasteiger partial charge in [0.2, 0.25) is 5.95 Å². The van der Waals surface area contributed by atoms with Crippen molar-refractivity contribution in [2.75, 3.05) is 65.9 Å². The molecule has 12 heteroatoms. The number of thioether (sulfide) groups is 1. The molecule has 0 unspecified atom stereocenters. The smallest absolute Gasteiger partial charge is 0.225 e. The molecule has 0 fully saturated rings. The van der Waals surface area contributed by atoms with Crippen LogP contribution in [0.25, 0.3) is 22.0 Å². The molecule has 5 aromatic rings. The number of unbranched alkanes of at least 4 members (excludes halogenated alkanes) is 1. The Morgan fingerprint density at radius 2 is 1.67 bits per heavy atom. The van der Waals surface area contributed by atoms with Crippen LogP contribution < -0.4 is 24.8 Å². The van der Waals surface area contributed by atoms with Crippen LogP contribution in [0.2, 0.25) is 0 Å². The van der Waals surface area contributed by atoms with Gasteiger partial charge < -0.3 is 34.7 Å². The average molecular weight is 755 g/mol. The first-order valence-electron chi connectivity index (χ1n) is 18.3. The molecule has 54 heavy (non-hydrogen) atoms. The van der Waals surface area contributed by atoms with Crippen LogP contribution in [-0.2, 0) is 23.6 Å². The summed E-state index contributed by atoms with van der Waals surface area (Å²) >= 11 is 1.70. The topological polar surface area (TPSA) is 123 Å². The molecule has 3 aromatic carbocycles. The Balaban J connectivity index is 1.55. The van der Waals surface area contributed by atoms with Crippen molar-refractivity contribution in [2.45, 2.75) is 62.5 Å². The lowest BCUT2D eigenvalue weighted by Gasteiger charge is -2.30. The fourth-order valence-electron chi connectivity index (χ4n) is 6.11. The van der Waals surface area contributed by atoms with E-state index in [9.17, 15) is 5.11 Å². The molecule has 0 amide bonds. The number of anilines is 2. The van der Waals surface area contributed by atoms with Crippen molar-refractivity contribution < 1.29 is 24.1 Å². The minimum atomic E-state index is -0.562. The number of fused-ring (bicyclic) bond motifs is 1. The minimum absolute atomic E-state index is 0.0314. The Morgan fingerprint density at radius 1 is 0.889 bits per heavy atom. The number of rotatable bonds is 21. The van der Waals surface area contributed by atoms with E-state index in [1.807, 2.05) is 43.5 Å². The number of aliphatic hydroxyl groups is 1. The number of methoxy groups -OCH3 is 4. The summed E-state index contributed by atoms with van der Waals surface area (Å²) in [6.07, 6.45) is 4.78. The number of hydrogen-bond donors (Lipinski definition) is 3. The lowest BCUT2D eigenvalue weighted by molar-refractivity contribution is 0.158. The van der Waals surface area contributed by atoms with Gasteiger partial charge in [-0.3, -0.25) is 4.90 Å². The van der Waals surface area contributed by atoms with Crippen molar-refractivity contribution in [1.29, 1.82) is 0 Å². The summed E-state index contributed by atoms with van der Waals surface area (Å²) in [6, 6.07) is 22.4. The molecular weight excluding hydrogens is 701 g/mol. The number of hydrogen-bond acceptors (Lipinski definition) is 12. The van der Waals surface area contributed by atoms with Gasteiger partial charge in [-0.05, 0) is 85.1 Å². The van der Waals surface area contributed by atoms with Crippen LogP contribution in [0.1, 0.15) is 49.8 Å². The van der Waals surface area contributed by atoms with Crippen LogP contribution in [0.15, 0.2) is 78.0 Å². The van der Waals surface area contributed by atoms with Gasteiger partial charge >= 0.3 is 0 Å². The monoisotopic (exact) mass is 754 g/mol. The lowest BCUT2D eigenvalue weighted by atomic mass is 9.95. The second kappa shape index (κ2) is 19.6. The molecule has 11 nitrogen and oxygen atoms in total. The third kappa shape index (κ3) is 10.7. The maximum absolute atomic E-state index is 10.5. The molecule has 0 saturated heterocycles. The standard InChI is InChI=1S/C42H54N6O5S/c1-8-9-18-42(2,28-49)47-40-35-17-13-30(21-37(35)45-41(46-40)44-24-31-12-16-34(52-6)22-38(31)53-7)36-23-39(43-25-32(36)26-48(3)19-20-50-4)54-27-29-10-14-33(51-5)15-11-29/h10-17,21-23,25,49H,8-9,18-20,24,26-28H2,1-7H3,(H2,44,45,46,47)/t42-/m1/s1. The predicted molar refractivity (Wildman–Crippen MR) is 219 cm³/mol. The normalized spacial score (nSPS) is 12.5. The number of nitrogens with zero attached hydrogens (tertiary/aromatic N) is 4. The Kier molecular flexibility index (Phi) is 14.7. The predicted octanol–water partition coefficient (Wildman–Crippen LogP) is 8.05. The highest BCUT2D eigenvalue weighted by Crippen LogP contribution is 2.35. The summed E-state index contributed by atoms with van der Waals surface area (Å²) in [6.45, 7) is 6.72. The molecule has 2 heterocycles. The molecule has 0 aliphatic carbocycles. The van der Waals surface area contributed by atoms with Crippen LogP contribution in [0.5, 0.6) is 17.2 Å². The maximum atomic E-state index is 10.5. The van der Waals surface area contributed by atoms with Gasteiger partial charge in [0.05, 0.1) is 50.6 Å². The molecular formula is C42H54N6O5S. The van der Waals surface area contributed by atoms with E-state index in [0.29, 0.717) is 37.2 Å². The molecule has 3 N–H and O–H groups in total. The van der Waals surface area contributed by atoms with Gasteiger partial charge in [-0.25, -0.2) is 9.97 Å². The highest BCUT2D eigenvalue weighted by molar-refractivity contribution is 7.98. The van der Waals surface area contributed by atoms with E-state index in [4.69, 9.17) is 33.9 Å². The minimum Gasteiger partial charge on any atom is -0.497 e. The summed E-state index contributed by atoms with van der Waals surface area (Å²) in [5, 5.41) is 19.3. The molecule has 288 valence electrons. The molecule has 5 rings (SSSR count). The number of nitrogens with one attached hydrogen (secondary N) is 2. The first-order valence-corrected chi connectivity index (χ1v) is 19.3. The zero-order chi connectivity index (χ0) is 38.5. The summed E-state index contributed by atoms with van der Waals surface area (Å²) in [4.78, 5) is 17.1. The van der Waals surface area contributed by atoms with Crippen molar-refractivity contribution in [3.05, 3.63) is 89.6 Å². The van der Waals surface area contributed by atoms with Crippen molar-refractivity contribution in [2.24, 2.45) is 0 Å². The van der Waals surface area contributed by atoms with E-state index in [0.717, 1.165) is 81.2 Å². The van der Waals surface area contributed by atoms with Crippen LogP contribution in [0.3, 0.4) is 0 Å². The van der Waals surface area contributed by atoms with Crippen LogP contribution in [-0.4, -0.2) is 85.7 Å². The van der Waals surface area contributed by atoms with Crippen molar-refractivity contribution in [3.63, 3.8) is 0 Å². The fraction of sp³-hybridized carbons (Fsp3) is 0.405. The van der Waals surface area contributed by atoms with E-state index in [2.05, 4.69) is 65.9 Å². The van der Waals surface area contributed by atoms with Gasteiger partial charge in [0.15, 0.2) is 0 Å². The second-order valence-electron chi connectivity index (χ2n) is 13.7. The second-order valence-corrected chi connectivity index (χ2v) is 14.6. The molecule has 0 bridgehead atoms.